The molecule has 1 aromatic carbocycles. The maximum Gasteiger partial charge on any atom is 0.252 e. The minimum absolute atomic E-state index is 0.108. The molecule has 2 N–H and O–H groups in total. The second kappa shape index (κ2) is 6.70. The molecular weight excluding hydrogens is 401 g/mol. The monoisotopic (exact) mass is 419 g/mol. The van der Waals surface area contributed by atoms with Crippen LogP contribution in [0.4, 0.5) is 4.39 Å². The van der Waals surface area contributed by atoms with Crippen LogP contribution in [0, 0.1) is 11.7 Å². The number of nitrogens with zero attached hydrogens (tertiary/aromatic N) is 2. The molecule has 0 bridgehead atoms. The van der Waals surface area contributed by atoms with Crippen molar-refractivity contribution in [2.45, 2.75) is 25.2 Å². The van der Waals surface area contributed by atoms with Gasteiger partial charge in [-0.25, -0.2) is 4.39 Å². The van der Waals surface area contributed by atoms with Gasteiger partial charge in [0.1, 0.15) is 11.6 Å². The second-order valence-electron chi connectivity index (χ2n) is 6.93. The zero-order chi connectivity index (χ0) is 18.4. The molecule has 1 aliphatic carbocycles. The fourth-order valence-electron chi connectivity index (χ4n) is 4.23. The van der Waals surface area contributed by atoms with Gasteiger partial charge in [-0.1, -0.05) is 6.07 Å². The highest BCUT2D eigenvalue weighted by molar-refractivity contribution is 9.10. The molecule has 136 valence electrons. The Hall–Kier alpha value is -1.86. The van der Waals surface area contributed by atoms with Crippen LogP contribution in [0.3, 0.4) is 0 Å². The van der Waals surface area contributed by atoms with Crippen molar-refractivity contribution in [1.29, 1.82) is 0 Å². The van der Waals surface area contributed by atoms with Crippen LogP contribution in [0.2, 0.25) is 0 Å². The largest absolute Gasteiger partial charge is 0.332 e. The van der Waals surface area contributed by atoms with E-state index in [0.29, 0.717) is 36.1 Å². The van der Waals surface area contributed by atoms with E-state index in [1.54, 1.807) is 17.0 Å². The van der Waals surface area contributed by atoms with E-state index >= 15 is 0 Å². The molecule has 0 saturated heterocycles. The topological polar surface area (TPSA) is 75.8 Å². The van der Waals surface area contributed by atoms with Gasteiger partial charge in [0, 0.05) is 36.7 Å². The Morgan fingerprint density at radius 2 is 2.08 bits per heavy atom. The third kappa shape index (κ3) is 2.74. The van der Waals surface area contributed by atoms with Crippen LogP contribution in [0.1, 0.15) is 30.7 Å². The molecule has 1 amide bonds. The van der Waals surface area contributed by atoms with Crippen molar-refractivity contribution >= 4 is 33.3 Å². The van der Waals surface area contributed by atoms with Gasteiger partial charge in [-0.2, -0.15) is 0 Å². The molecule has 1 aromatic rings. The summed E-state index contributed by atoms with van der Waals surface area (Å²) in [5.74, 6) is -1.21. The van der Waals surface area contributed by atoms with Crippen molar-refractivity contribution in [2.75, 3.05) is 19.6 Å². The van der Waals surface area contributed by atoms with Crippen molar-refractivity contribution < 1.29 is 14.0 Å². The zero-order valence-corrected chi connectivity index (χ0v) is 15.8. The summed E-state index contributed by atoms with van der Waals surface area (Å²) in [5, 5.41) is 0. The van der Waals surface area contributed by atoms with E-state index in [4.69, 9.17) is 10.7 Å². The van der Waals surface area contributed by atoms with Gasteiger partial charge >= 0.3 is 0 Å². The van der Waals surface area contributed by atoms with Gasteiger partial charge in [0.2, 0.25) is 0 Å². The lowest BCUT2D eigenvalue weighted by atomic mass is 9.69. The summed E-state index contributed by atoms with van der Waals surface area (Å²) in [6.45, 7) is 1.25. The van der Waals surface area contributed by atoms with Crippen LogP contribution in [-0.2, 0) is 9.59 Å². The molecule has 2 atom stereocenters. The van der Waals surface area contributed by atoms with Crippen LogP contribution >= 0.6 is 15.9 Å². The predicted molar refractivity (Wildman–Crippen MR) is 99.3 cm³/mol. The van der Waals surface area contributed by atoms with Gasteiger partial charge in [0.25, 0.3) is 5.91 Å². The molecule has 7 heteroatoms. The lowest BCUT2D eigenvalue weighted by molar-refractivity contribution is -0.126. The normalized spacial score (nSPS) is 25.3. The summed E-state index contributed by atoms with van der Waals surface area (Å²) < 4.78 is 14.1. The third-order valence-corrected chi connectivity index (χ3v) is 5.96. The van der Waals surface area contributed by atoms with Gasteiger partial charge in [-0.3, -0.25) is 14.6 Å². The number of ketones is 1. The summed E-state index contributed by atoms with van der Waals surface area (Å²) in [5.41, 5.74) is 8.55. The highest BCUT2D eigenvalue weighted by atomic mass is 79.9. The van der Waals surface area contributed by atoms with Gasteiger partial charge in [-0.15, -0.1) is 0 Å². The van der Waals surface area contributed by atoms with Crippen LogP contribution in [0.25, 0.3) is 0 Å². The number of hydrogen-bond donors (Lipinski definition) is 1. The highest BCUT2D eigenvalue weighted by Gasteiger charge is 2.47. The second-order valence-corrected chi connectivity index (χ2v) is 7.78. The summed E-state index contributed by atoms with van der Waals surface area (Å²) >= 11 is 3.22. The first-order valence-corrected chi connectivity index (χ1v) is 9.58. The lowest BCUT2D eigenvalue weighted by Gasteiger charge is -2.34. The van der Waals surface area contributed by atoms with E-state index in [1.165, 1.54) is 6.07 Å². The minimum atomic E-state index is -0.429. The van der Waals surface area contributed by atoms with Crippen molar-refractivity contribution in [2.24, 2.45) is 16.6 Å². The molecule has 2 heterocycles. The molecule has 0 radical (unpaired) electrons. The summed E-state index contributed by atoms with van der Waals surface area (Å²) in [4.78, 5) is 32.1. The smallest absolute Gasteiger partial charge is 0.252 e. The maximum atomic E-state index is 13.7. The molecule has 0 aromatic heterocycles. The first kappa shape index (κ1) is 17.5. The molecule has 1 fully saturated rings. The summed E-state index contributed by atoms with van der Waals surface area (Å²) in [7, 11) is 0. The number of carbonyl (C=O) groups is 2. The number of aliphatic imine (C=N–C) groups is 1. The van der Waals surface area contributed by atoms with Crippen LogP contribution in [-0.4, -0.2) is 41.9 Å². The minimum Gasteiger partial charge on any atom is -0.332 e. The van der Waals surface area contributed by atoms with Crippen molar-refractivity contribution in [1.82, 2.24) is 4.90 Å². The SMILES string of the molecule is NCCN1CC2=C(C1=O)[C@@H](c1ccc(F)c(Br)c1)C1C(=O)CCCC1=N2. The number of fused-ring (bicyclic) bond motifs is 1. The Labute approximate surface area is 159 Å². The lowest BCUT2D eigenvalue weighted by Crippen LogP contribution is -2.39. The van der Waals surface area contributed by atoms with Crippen molar-refractivity contribution in [3.63, 3.8) is 0 Å². The maximum absolute atomic E-state index is 13.7. The van der Waals surface area contributed by atoms with Crippen molar-refractivity contribution in [3.8, 4) is 0 Å². The fourth-order valence-corrected chi connectivity index (χ4v) is 4.62. The Balaban J connectivity index is 1.84. The van der Waals surface area contributed by atoms with Crippen LogP contribution in [0.15, 0.2) is 38.9 Å². The van der Waals surface area contributed by atoms with Crippen LogP contribution in [0.5, 0.6) is 0 Å². The number of halogens is 2. The molecule has 3 aliphatic rings. The van der Waals surface area contributed by atoms with Crippen LogP contribution < -0.4 is 5.73 Å². The summed E-state index contributed by atoms with van der Waals surface area (Å²) in [6, 6.07) is 4.71. The number of hydrogen-bond acceptors (Lipinski definition) is 4. The molecule has 2 aliphatic heterocycles. The Morgan fingerprint density at radius 3 is 2.81 bits per heavy atom. The quantitative estimate of drug-likeness (QED) is 0.817. The number of rotatable bonds is 3. The van der Waals surface area contributed by atoms with Gasteiger partial charge in [0.05, 0.1) is 22.6 Å². The Kier molecular flexibility index (Phi) is 4.52. The molecule has 26 heavy (non-hydrogen) atoms. The number of carbonyl (C=O) groups excluding carboxylic acids is 2. The summed E-state index contributed by atoms with van der Waals surface area (Å²) in [6.07, 6.45) is 2.04. The highest BCUT2D eigenvalue weighted by Crippen LogP contribution is 2.46. The van der Waals surface area contributed by atoms with Gasteiger partial charge < -0.3 is 10.6 Å². The fraction of sp³-hybridized carbons (Fsp3) is 0.421. The van der Waals surface area contributed by atoms with E-state index in [2.05, 4.69) is 15.9 Å². The molecule has 1 saturated carbocycles. The molecule has 5 nitrogen and oxygen atoms in total. The van der Waals surface area contributed by atoms with Gasteiger partial charge in [-0.05, 0) is 46.5 Å². The Bertz CT molecular complexity index is 864. The number of amides is 1. The number of Topliss-reactive ketones (excluding diaryl/α,β-unsaturated/α-hetero) is 1. The molecule has 4 rings (SSSR count). The first-order valence-electron chi connectivity index (χ1n) is 8.78. The number of benzene rings is 1. The predicted octanol–water partition coefficient (Wildman–Crippen LogP) is 2.55. The van der Waals surface area contributed by atoms with E-state index in [-0.39, 0.29) is 17.5 Å². The van der Waals surface area contributed by atoms with Crippen molar-refractivity contribution in [3.05, 3.63) is 45.3 Å². The Morgan fingerprint density at radius 1 is 1.27 bits per heavy atom. The van der Waals surface area contributed by atoms with Gasteiger partial charge in [0.15, 0.2) is 0 Å². The average Bonchev–Trinajstić information content (AvgIpc) is 2.92. The van der Waals surface area contributed by atoms with E-state index < -0.39 is 11.8 Å². The number of nitrogens with two attached hydrogens (primary N) is 1. The third-order valence-electron chi connectivity index (χ3n) is 5.36. The molecule has 0 spiro atoms. The molecule has 1 unspecified atom stereocenters. The van der Waals surface area contributed by atoms with E-state index in [1.807, 2.05) is 0 Å². The average molecular weight is 420 g/mol. The van der Waals surface area contributed by atoms with E-state index in [0.717, 1.165) is 29.8 Å². The standard InChI is InChI=1S/C19H19BrFN3O2/c20-11-8-10(4-5-12(11)21)16-17-13(2-1-3-15(17)25)23-14-9-24(7-6-22)19(26)18(14)16/h4-5,8,16-17H,1-3,6-7,9,22H2/t16-,17?/m0/s1. The zero-order valence-electron chi connectivity index (χ0n) is 14.2. The van der Waals surface area contributed by atoms with E-state index in [9.17, 15) is 14.0 Å². The molecular formula is C19H19BrFN3O2. The first-order chi connectivity index (χ1) is 12.5.